The van der Waals surface area contributed by atoms with E-state index < -0.39 is 28.5 Å². The monoisotopic (exact) mass is 599 g/mol. The minimum absolute atomic E-state index is 0.0467. The van der Waals surface area contributed by atoms with Gasteiger partial charge in [0.2, 0.25) is 11.8 Å². The van der Waals surface area contributed by atoms with E-state index in [4.69, 9.17) is 16.3 Å². The van der Waals surface area contributed by atoms with E-state index in [1.54, 1.807) is 62.6 Å². The topological polar surface area (TPSA) is 96.0 Å². The molecule has 0 unspecified atom stereocenters. The van der Waals surface area contributed by atoms with Gasteiger partial charge >= 0.3 is 0 Å². The number of nitrogens with zero attached hydrogens (tertiary/aromatic N) is 2. The predicted molar refractivity (Wildman–Crippen MR) is 163 cm³/mol. The Hall–Kier alpha value is -3.56. The molecule has 220 valence electrons. The molecule has 0 aromatic heterocycles. The van der Waals surface area contributed by atoms with Gasteiger partial charge in [0, 0.05) is 17.6 Å². The lowest BCUT2D eigenvalue weighted by atomic mass is 10.1. The summed E-state index contributed by atoms with van der Waals surface area (Å²) in [5.74, 6) is -0.142. The number of carbonyl (C=O) groups excluding carboxylic acids is 2. The number of benzene rings is 3. The third-order valence-electron chi connectivity index (χ3n) is 6.94. The average Bonchev–Trinajstić information content (AvgIpc) is 2.96. The number of hydrogen-bond donors (Lipinski definition) is 1. The van der Waals surface area contributed by atoms with E-state index in [0.717, 1.165) is 16.3 Å². The van der Waals surface area contributed by atoms with Gasteiger partial charge < -0.3 is 15.0 Å². The lowest BCUT2D eigenvalue weighted by Crippen LogP contribution is -2.53. The standard InChI is InChI=1S/C31H38ClN3O5S/c1-6-23(4)33-31(37)28(7-2)34(20-24-13-16-26(40-5)17-14-24)30(36)21-35(29-18-15-25(32)19-22(29)3)41(38,39)27-11-9-8-10-12-27/h8-19,23,28H,6-7,20-21H2,1-5H3,(H,33,37)/t23-,28+/m0/s1. The van der Waals surface area contributed by atoms with Crippen molar-refractivity contribution in [3.05, 3.63) is 88.9 Å². The van der Waals surface area contributed by atoms with Crippen molar-refractivity contribution in [3.63, 3.8) is 0 Å². The van der Waals surface area contributed by atoms with Crippen molar-refractivity contribution in [2.45, 2.75) is 64.1 Å². The van der Waals surface area contributed by atoms with E-state index in [9.17, 15) is 18.0 Å². The van der Waals surface area contributed by atoms with E-state index in [2.05, 4.69) is 5.32 Å². The number of aryl methyl sites for hydroxylation is 1. The molecule has 0 aliphatic carbocycles. The van der Waals surface area contributed by atoms with Crippen LogP contribution in [0.1, 0.15) is 44.7 Å². The molecule has 0 saturated carbocycles. The van der Waals surface area contributed by atoms with Crippen molar-refractivity contribution in [3.8, 4) is 5.75 Å². The highest BCUT2D eigenvalue weighted by Gasteiger charge is 2.34. The van der Waals surface area contributed by atoms with Gasteiger partial charge in [-0.25, -0.2) is 8.42 Å². The number of methoxy groups -OCH3 is 1. The molecule has 0 aliphatic heterocycles. The molecule has 0 aliphatic rings. The van der Waals surface area contributed by atoms with E-state index >= 15 is 0 Å². The Morgan fingerprint density at radius 3 is 2.20 bits per heavy atom. The van der Waals surface area contributed by atoms with Gasteiger partial charge in [-0.15, -0.1) is 0 Å². The van der Waals surface area contributed by atoms with Gasteiger partial charge in [0.05, 0.1) is 17.7 Å². The summed E-state index contributed by atoms with van der Waals surface area (Å²) in [4.78, 5) is 29.0. The number of nitrogens with one attached hydrogen (secondary N) is 1. The number of carbonyl (C=O) groups is 2. The third-order valence-corrected chi connectivity index (χ3v) is 8.95. The SMILES string of the molecule is CC[C@H](C(=O)N[C@@H](C)CC)N(Cc1ccc(OC)cc1)C(=O)CN(c1ccc(Cl)cc1C)S(=O)(=O)c1ccccc1. The zero-order valence-electron chi connectivity index (χ0n) is 24.1. The average molecular weight is 600 g/mol. The molecule has 3 aromatic rings. The molecule has 10 heteroatoms. The van der Waals surface area contributed by atoms with Gasteiger partial charge in [0.1, 0.15) is 18.3 Å². The summed E-state index contributed by atoms with van der Waals surface area (Å²) in [5.41, 5.74) is 1.69. The second-order valence-electron chi connectivity index (χ2n) is 9.87. The van der Waals surface area contributed by atoms with Crippen molar-refractivity contribution in [2.24, 2.45) is 0 Å². The van der Waals surface area contributed by atoms with Gasteiger partial charge in [0.25, 0.3) is 10.0 Å². The molecule has 0 saturated heterocycles. The van der Waals surface area contributed by atoms with Gasteiger partial charge in [-0.05, 0) is 80.3 Å². The molecule has 0 bridgehead atoms. The summed E-state index contributed by atoms with van der Waals surface area (Å²) in [6.07, 6.45) is 1.07. The highest BCUT2D eigenvalue weighted by atomic mass is 35.5. The van der Waals surface area contributed by atoms with Gasteiger partial charge in [0.15, 0.2) is 0 Å². The summed E-state index contributed by atoms with van der Waals surface area (Å²) in [5, 5.41) is 3.42. The lowest BCUT2D eigenvalue weighted by Gasteiger charge is -2.34. The molecule has 1 N–H and O–H groups in total. The van der Waals surface area contributed by atoms with Crippen LogP contribution in [0.15, 0.2) is 77.7 Å². The second kappa shape index (κ2) is 14.4. The molecular weight excluding hydrogens is 562 g/mol. The van der Waals surface area contributed by atoms with Crippen LogP contribution in [0.2, 0.25) is 5.02 Å². The molecular formula is C31H38ClN3O5S. The molecule has 0 fully saturated rings. The Bertz CT molecular complexity index is 1430. The van der Waals surface area contributed by atoms with E-state index in [1.807, 2.05) is 32.9 Å². The van der Waals surface area contributed by atoms with Crippen LogP contribution in [0.4, 0.5) is 5.69 Å². The fraction of sp³-hybridized carbons (Fsp3) is 0.355. The predicted octanol–water partition coefficient (Wildman–Crippen LogP) is 5.57. The van der Waals surface area contributed by atoms with Crippen LogP contribution < -0.4 is 14.4 Å². The van der Waals surface area contributed by atoms with Gasteiger partial charge in [-0.2, -0.15) is 0 Å². The Kier molecular flexibility index (Phi) is 11.2. The number of halogens is 1. The summed E-state index contributed by atoms with van der Waals surface area (Å²) < 4.78 is 34.2. The number of sulfonamides is 1. The quantitative estimate of drug-likeness (QED) is 0.277. The summed E-state index contributed by atoms with van der Waals surface area (Å²) >= 11 is 6.17. The molecule has 41 heavy (non-hydrogen) atoms. The minimum Gasteiger partial charge on any atom is -0.497 e. The smallest absolute Gasteiger partial charge is 0.264 e. The van der Waals surface area contributed by atoms with E-state index in [1.165, 1.54) is 17.0 Å². The first kappa shape index (κ1) is 32.0. The summed E-state index contributed by atoms with van der Waals surface area (Å²) in [7, 11) is -2.58. The molecule has 0 radical (unpaired) electrons. The normalized spacial score (nSPS) is 12.7. The molecule has 0 spiro atoms. The highest BCUT2D eigenvalue weighted by molar-refractivity contribution is 7.92. The molecule has 2 amide bonds. The first-order valence-electron chi connectivity index (χ1n) is 13.6. The fourth-order valence-electron chi connectivity index (χ4n) is 4.42. The van der Waals surface area contributed by atoms with Crippen LogP contribution in [0.5, 0.6) is 5.75 Å². The Balaban J connectivity index is 2.07. The van der Waals surface area contributed by atoms with Crippen molar-refractivity contribution >= 4 is 39.1 Å². The molecule has 3 rings (SSSR count). The van der Waals surface area contributed by atoms with Crippen LogP contribution in [0.3, 0.4) is 0 Å². The summed E-state index contributed by atoms with van der Waals surface area (Å²) in [6.45, 7) is 7.03. The number of hydrogen-bond acceptors (Lipinski definition) is 5. The maximum absolute atomic E-state index is 14.2. The first-order valence-corrected chi connectivity index (χ1v) is 15.4. The third kappa shape index (κ3) is 8.01. The molecule has 3 aromatic carbocycles. The maximum Gasteiger partial charge on any atom is 0.264 e. The summed E-state index contributed by atoms with van der Waals surface area (Å²) in [6, 6.07) is 19.1. The van der Waals surface area contributed by atoms with Crippen molar-refractivity contribution in [2.75, 3.05) is 18.0 Å². The van der Waals surface area contributed by atoms with Crippen molar-refractivity contribution in [1.82, 2.24) is 10.2 Å². The van der Waals surface area contributed by atoms with Crippen LogP contribution in [-0.4, -0.2) is 50.9 Å². The van der Waals surface area contributed by atoms with Crippen LogP contribution in [0, 0.1) is 6.92 Å². The Morgan fingerprint density at radius 1 is 0.976 bits per heavy atom. The number of anilines is 1. The van der Waals surface area contributed by atoms with Crippen LogP contribution in [0.25, 0.3) is 0 Å². The molecule has 0 heterocycles. The number of ether oxygens (including phenoxy) is 1. The number of rotatable bonds is 13. The van der Waals surface area contributed by atoms with Crippen LogP contribution >= 0.6 is 11.6 Å². The van der Waals surface area contributed by atoms with E-state index in [0.29, 0.717) is 28.4 Å². The highest BCUT2D eigenvalue weighted by Crippen LogP contribution is 2.29. The fourth-order valence-corrected chi connectivity index (χ4v) is 6.15. The Labute approximate surface area is 248 Å². The molecule has 2 atom stereocenters. The van der Waals surface area contributed by atoms with Gasteiger partial charge in [-0.1, -0.05) is 55.8 Å². The van der Waals surface area contributed by atoms with E-state index in [-0.39, 0.29) is 23.4 Å². The lowest BCUT2D eigenvalue weighted by molar-refractivity contribution is -0.140. The van der Waals surface area contributed by atoms with Crippen molar-refractivity contribution < 1.29 is 22.7 Å². The number of amides is 2. The Morgan fingerprint density at radius 2 is 1.63 bits per heavy atom. The molecule has 8 nitrogen and oxygen atoms in total. The minimum atomic E-state index is -4.15. The zero-order valence-corrected chi connectivity index (χ0v) is 25.7. The zero-order chi connectivity index (χ0) is 30.2. The second-order valence-corrected chi connectivity index (χ2v) is 12.2. The van der Waals surface area contributed by atoms with Gasteiger partial charge in [-0.3, -0.25) is 13.9 Å². The first-order chi connectivity index (χ1) is 19.5. The maximum atomic E-state index is 14.2. The largest absolute Gasteiger partial charge is 0.497 e. The van der Waals surface area contributed by atoms with Crippen molar-refractivity contribution in [1.29, 1.82) is 0 Å². The van der Waals surface area contributed by atoms with Crippen LogP contribution in [-0.2, 0) is 26.2 Å².